The van der Waals surface area contributed by atoms with Crippen LogP contribution in [0.25, 0.3) is 0 Å². The van der Waals surface area contributed by atoms with Gasteiger partial charge in [-0.1, -0.05) is 6.07 Å². The molecule has 0 saturated carbocycles. The second-order valence-electron chi connectivity index (χ2n) is 5.94. The molecule has 1 saturated heterocycles. The van der Waals surface area contributed by atoms with Crippen molar-refractivity contribution in [1.82, 2.24) is 4.90 Å². The van der Waals surface area contributed by atoms with Crippen LogP contribution in [0.4, 0.5) is 5.69 Å². The number of hydrogen-bond acceptors (Lipinski definition) is 6. The van der Waals surface area contributed by atoms with Crippen LogP contribution in [0.5, 0.6) is 0 Å². The summed E-state index contributed by atoms with van der Waals surface area (Å²) in [5.41, 5.74) is 1.95. The zero-order chi connectivity index (χ0) is 17.9. The summed E-state index contributed by atoms with van der Waals surface area (Å²) in [4.78, 5) is 25.3. The summed E-state index contributed by atoms with van der Waals surface area (Å²) in [5.74, 6) is -0.493. The standard InChI is InChI=1S/C16H22N2O5S/c1-11-4-5-12(16(20)23-3)8-14(11)17-9-15(19)18(2)13-6-7-24(21,22)10-13/h4-5,8,13,17H,6-7,9-10H2,1-3H3/t13-/m0/s1. The summed E-state index contributed by atoms with van der Waals surface area (Å²) >= 11 is 0. The van der Waals surface area contributed by atoms with Gasteiger partial charge in [-0.15, -0.1) is 0 Å². The maximum atomic E-state index is 12.3. The number of nitrogens with one attached hydrogen (secondary N) is 1. The van der Waals surface area contributed by atoms with Gasteiger partial charge in [0.25, 0.3) is 0 Å². The third-order valence-corrected chi connectivity index (χ3v) is 5.99. The fourth-order valence-corrected chi connectivity index (χ4v) is 4.41. The minimum Gasteiger partial charge on any atom is -0.465 e. The van der Waals surface area contributed by atoms with Gasteiger partial charge in [-0.05, 0) is 31.0 Å². The van der Waals surface area contributed by atoms with Gasteiger partial charge in [-0.25, -0.2) is 13.2 Å². The van der Waals surface area contributed by atoms with Gasteiger partial charge in [0.2, 0.25) is 5.91 Å². The van der Waals surface area contributed by atoms with E-state index >= 15 is 0 Å². The van der Waals surface area contributed by atoms with Crippen molar-refractivity contribution in [1.29, 1.82) is 0 Å². The average Bonchev–Trinajstić information content (AvgIpc) is 2.92. The third kappa shape index (κ3) is 4.25. The number of aryl methyl sites for hydroxylation is 1. The molecule has 1 aliphatic heterocycles. The number of anilines is 1. The Hall–Kier alpha value is -2.09. The van der Waals surface area contributed by atoms with E-state index in [0.29, 0.717) is 17.7 Å². The Labute approximate surface area is 141 Å². The highest BCUT2D eigenvalue weighted by Gasteiger charge is 2.32. The predicted octanol–water partition coefficient (Wildman–Crippen LogP) is 0.839. The van der Waals surface area contributed by atoms with Crippen molar-refractivity contribution in [3.63, 3.8) is 0 Å². The van der Waals surface area contributed by atoms with Gasteiger partial charge in [-0.3, -0.25) is 4.79 Å². The van der Waals surface area contributed by atoms with E-state index in [-0.39, 0.29) is 30.0 Å². The monoisotopic (exact) mass is 354 g/mol. The quantitative estimate of drug-likeness (QED) is 0.788. The van der Waals surface area contributed by atoms with Crippen LogP contribution in [-0.4, -0.2) is 63.4 Å². The van der Waals surface area contributed by atoms with Gasteiger partial charge in [0.1, 0.15) is 0 Å². The summed E-state index contributed by atoms with van der Waals surface area (Å²) in [6.07, 6.45) is 0.474. The average molecular weight is 354 g/mol. The Balaban J connectivity index is 2.00. The van der Waals surface area contributed by atoms with E-state index in [1.807, 2.05) is 6.92 Å². The lowest BCUT2D eigenvalue weighted by molar-refractivity contribution is -0.129. The molecule has 0 aromatic heterocycles. The number of rotatable bonds is 5. The molecule has 0 radical (unpaired) electrons. The minimum atomic E-state index is -3.03. The number of carbonyl (C=O) groups excluding carboxylic acids is 2. The molecule has 1 heterocycles. The Kier molecular flexibility index (Phi) is 5.48. The number of benzene rings is 1. The highest BCUT2D eigenvalue weighted by atomic mass is 32.2. The summed E-state index contributed by atoms with van der Waals surface area (Å²) in [6, 6.07) is 4.79. The van der Waals surface area contributed by atoms with Gasteiger partial charge in [0.15, 0.2) is 9.84 Å². The molecule has 1 aromatic rings. The van der Waals surface area contributed by atoms with Crippen molar-refractivity contribution in [2.75, 3.05) is 37.5 Å². The number of methoxy groups -OCH3 is 1. The van der Waals surface area contributed by atoms with Gasteiger partial charge < -0.3 is 15.0 Å². The van der Waals surface area contributed by atoms with Crippen LogP contribution < -0.4 is 5.32 Å². The van der Waals surface area contributed by atoms with Crippen molar-refractivity contribution >= 4 is 27.4 Å². The first-order chi connectivity index (χ1) is 11.2. The van der Waals surface area contributed by atoms with Crippen LogP contribution in [0.3, 0.4) is 0 Å². The van der Waals surface area contributed by atoms with Gasteiger partial charge >= 0.3 is 5.97 Å². The van der Waals surface area contributed by atoms with Gasteiger partial charge in [-0.2, -0.15) is 0 Å². The topological polar surface area (TPSA) is 92.8 Å². The molecule has 0 spiro atoms. The van der Waals surface area contributed by atoms with Gasteiger partial charge in [0.05, 0.1) is 30.7 Å². The summed E-state index contributed by atoms with van der Waals surface area (Å²) in [7, 11) is -0.104. The third-order valence-electron chi connectivity index (χ3n) is 4.24. The number of nitrogens with zero attached hydrogens (tertiary/aromatic N) is 1. The molecule has 132 valence electrons. The van der Waals surface area contributed by atoms with Crippen LogP contribution in [0, 0.1) is 6.92 Å². The number of likely N-dealkylation sites (N-methyl/N-ethyl adjacent to an activating group) is 1. The van der Waals surface area contributed by atoms with E-state index in [0.717, 1.165) is 5.56 Å². The lowest BCUT2D eigenvalue weighted by atomic mass is 10.1. The van der Waals surface area contributed by atoms with Crippen LogP contribution in [0.2, 0.25) is 0 Å². The molecule has 1 fully saturated rings. The molecule has 0 unspecified atom stereocenters. The van der Waals surface area contributed by atoms with Crippen LogP contribution in [0.15, 0.2) is 18.2 Å². The van der Waals surface area contributed by atoms with Crippen molar-refractivity contribution in [3.8, 4) is 0 Å². The van der Waals surface area contributed by atoms with Gasteiger partial charge in [0, 0.05) is 18.8 Å². The highest BCUT2D eigenvalue weighted by molar-refractivity contribution is 7.91. The predicted molar refractivity (Wildman–Crippen MR) is 90.8 cm³/mol. The molecule has 1 atom stereocenters. The first-order valence-electron chi connectivity index (χ1n) is 7.62. The Morgan fingerprint density at radius 2 is 2.08 bits per heavy atom. The zero-order valence-corrected chi connectivity index (χ0v) is 14.9. The number of carbonyl (C=O) groups is 2. The highest BCUT2D eigenvalue weighted by Crippen LogP contribution is 2.19. The molecular weight excluding hydrogens is 332 g/mol. The number of sulfone groups is 1. The lowest BCUT2D eigenvalue weighted by Gasteiger charge is -2.24. The summed E-state index contributed by atoms with van der Waals surface area (Å²) in [6.45, 7) is 1.89. The van der Waals surface area contributed by atoms with E-state index in [1.54, 1.807) is 25.2 Å². The van der Waals surface area contributed by atoms with Crippen molar-refractivity contribution in [2.24, 2.45) is 0 Å². The van der Waals surface area contributed by atoms with Crippen LogP contribution in [0.1, 0.15) is 22.3 Å². The molecule has 8 heteroatoms. The molecule has 1 aromatic carbocycles. The fourth-order valence-electron chi connectivity index (χ4n) is 2.64. The summed E-state index contributed by atoms with van der Waals surface area (Å²) < 4.78 is 27.7. The van der Waals surface area contributed by atoms with Crippen molar-refractivity contribution in [2.45, 2.75) is 19.4 Å². The van der Waals surface area contributed by atoms with Crippen LogP contribution >= 0.6 is 0 Å². The normalized spacial score (nSPS) is 18.9. The Morgan fingerprint density at radius 1 is 1.38 bits per heavy atom. The number of ether oxygens (including phenoxy) is 1. The van der Waals surface area contributed by atoms with E-state index in [9.17, 15) is 18.0 Å². The SMILES string of the molecule is COC(=O)c1ccc(C)c(NCC(=O)N(C)[C@H]2CCS(=O)(=O)C2)c1. The second-order valence-corrected chi connectivity index (χ2v) is 8.17. The van der Waals surface area contributed by atoms with Crippen molar-refractivity contribution < 1.29 is 22.7 Å². The van der Waals surface area contributed by atoms with E-state index in [2.05, 4.69) is 10.1 Å². The van der Waals surface area contributed by atoms with E-state index in [4.69, 9.17) is 0 Å². The zero-order valence-electron chi connectivity index (χ0n) is 14.0. The number of amides is 1. The molecule has 0 aliphatic carbocycles. The first kappa shape index (κ1) is 18.3. The minimum absolute atomic E-state index is 0.0199. The molecule has 1 aliphatic rings. The number of esters is 1. The largest absolute Gasteiger partial charge is 0.465 e. The maximum absolute atomic E-state index is 12.3. The van der Waals surface area contributed by atoms with Crippen molar-refractivity contribution in [3.05, 3.63) is 29.3 Å². The van der Waals surface area contributed by atoms with E-state index in [1.165, 1.54) is 12.0 Å². The Bertz CT molecular complexity index is 745. The molecule has 2 rings (SSSR count). The summed E-state index contributed by atoms with van der Waals surface area (Å²) in [5, 5.41) is 3.01. The number of hydrogen-bond donors (Lipinski definition) is 1. The second kappa shape index (κ2) is 7.21. The smallest absolute Gasteiger partial charge is 0.337 e. The lowest BCUT2D eigenvalue weighted by Crippen LogP contribution is -2.41. The molecule has 1 amide bonds. The maximum Gasteiger partial charge on any atom is 0.337 e. The molecule has 7 nitrogen and oxygen atoms in total. The molecule has 1 N–H and O–H groups in total. The Morgan fingerprint density at radius 3 is 2.67 bits per heavy atom. The first-order valence-corrected chi connectivity index (χ1v) is 9.44. The fraction of sp³-hybridized carbons (Fsp3) is 0.500. The van der Waals surface area contributed by atoms with Crippen LogP contribution in [-0.2, 0) is 19.4 Å². The molecule has 24 heavy (non-hydrogen) atoms. The molecule has 0 bridgehead atoms. The molecular formula is C16H22N2O5S. The van der Waals surface area contributed by atoms with E-state index < -0.39 is 15.8 Å².